The van der Waals surface area contributed by atoms with Crippen molar-refractivity contribution in [3.05, 3.63) is 77.5 Å². The Labute approximate surface area is 205 Å². The lowest BCUT2D eigenvalue weighted by molar-refractivity contribution is -0.0223. The molecule has 1 saturated heterocycles. The lowest BCUT2D eigenvalue weighted by Gasteiger charge is -2.29. The molecule has 36 heavy (non-hydrogen) atoms. The van der Waals surface area contributed by atoms with E-state index in [4.69, 9.17) is 9.47 Å². The van der Waals surface area contributed by atoms with Gasteiger partial charge in [0.15, 0.2) is 17.3 Å². The van der Waals surface area contributed by atoms with Gasteiger partial charge in [-0.25, -0.2) is 14.4 Å². The van der Waals surface area contributed by atoms with Crippen LogP contribution in [-0.2, 0) is 4.74 Å². The molecule has 0 saturated carbocycles. The third kappa shape index (κ3) is 4.62. The maximum atomic E-state index is 13.9. The summed E-state index contributed by atoms with van der Waals surface area (Å²) in [5, 5.41) is 22.9. The number of H-pyrrole nitrogens is 1. The van der Waals surface area contributed by atoms with E-state index in [1.54, 1.807) is 24.4 Å². The number of rotatable bonds is 7. The second kappa shape index (κ2) is 10.1. The lowest BCUT2D eigenvalue weighted by Crippen LogP contribution is -2.36. The average Bonchev–Trinajstić information content (AvgIpc) is 3.35. The Bertz CT molecular complexity index is 1440. The minimum atomic E-state index is -0.519. The Kier molecular flexibility index (Phi) is 6.58. The fraction of sp³-hybridized carbons (Fsp3) is 0.231. The van der Waals surface area contributed by atoms with Gasteiger partial charge in [0.25, 0.3) is 0 Å². The number of fused-ring (bicyclic) bond motifs is 1. The highest BCUT2D eigenvalue weighted by atomic mass is 19.1. The number of aromatic nitrogens is 3. The molecular formula is C26H22FN5O4. The van der Waals surface area contributed by atoms with Gasteiger partial charge in [-0.05, 0) is 31.0 Å². The number of hydrogen-bond acceptors (Lipinski definition) is 8. The molecule has 5 rings (SSSR count). The quantitative estimate of drug-likeness (QED) is 0.334. The predicted molar refractivity (Wildman–Crippen MR) is 128 cm³/mol. The van der Waals surface area contributed by atoms with Gasteiger partial charge in [-0.1, -0.05) is 12.1 Å². The molecule has 182 valence electrons. The van der Waals surface area contributed by atoms with Crippen molar-refractivity contribution >= 4 is 22.5 Å². The number of aliphatic hydroxyl groups is 1. The van der Waals surface area contributed by atoms with E-state index in [1.807, 2.05) is 0 Å². The van der Waals surface area contributed by atoms with E-state index in [2.05, 4.69) is 26.3 Å². The molecule has 0 bridgehead atoms. The number of carbonyl (C=O) groups is 1. The van der Waals surface area contributed by atoms with Crippen LogP contribution < -0.4 is 10.1 Å². The first-order valence-corrected chi connectivity index (χ1v) is 11.4. The average molecular weight is 487 g/mol. The maximum absolute atomic E-state index is 13.9. The zero-order valence-corrected chi connectivity index (χ0v) is 19.1. The van der Waals surface area contributed by atoms with E-state index < -0.39 is 5.82 Å². The normalized spacial score (nSPS) is 17.5. The summed E-state index contributed by atoms with van der Waals surface area (Å²) in [7, 11) is 0. The van der Waals surface area contributed by atoms with E-state index in [9.17, 15) is 19.6 Å². The van der Waals surface area contributed by atoms with Crippen LogP contribution in [0, 0.1) is 17.1 Å². The van der Waals surface area contributed by atoms with Crippen molar-refractivity contribution < 1.29 is 23.8 Å². The number of ether oxygens (including phenoxy) is 2. The van der Waals surface area contributed by atoms with Crippen molar-refractivity contribution in [2.24, 2.45) is 0 Å². The van der Waals surface area contributed by atoms with Crippen molar-refractivity contribution in [1.82, 2.24) is 15.0 Å². The first-order chi connectivity index (χ1) is 17.6. The van der Waals surface area contributed by atoms with Crippen LogP contribution in [0.5, 0.6) is 11.6 Å². The molecule has 1 aromatic carbocycles. The minimum Gasteiger partial charge on any atom is -0.436 e. The fourth-order valence-corrected chi connectivity index (χ4v) is 4.15. The Morgan fingerprint density at radius 1 is 1.25 bits per heavy atom. The second-order valence-corrected chi connectivity index (χ2v) is 8.39. The van der Waals surface area contributed by atoms with Gasteiger partial charge in [0.2, 0.25) is 5.88 Å². The van der Waals surface area contributed by atoms with E-state index in [0.29, 0.717) is 40.9 Å². The molecule has 10 heteroatoms. The molecule has 4 heterocycles. The Balaban J connectivity index is 1.43. The van der Waals surface area contributed by atoms with Crippen LogP contribution >= 0.6 is 0 Å². The van der Waals surface area contributed by atoms with Crippen LogP contribution in [0.25, 0.3) is 11.0 Å². The molecule has 9 nitrogen and oxygen atoms in total. The smallest absolute Gasteiger partial charge is 0.219 e. The van der Waals surface area contributed by atoms with E-state index in [0.717, 1.165) is 6.42 Å². The van der Waals surface area contributed by atoms with E-state index >= 15 is 0 Å². The van der Waals surface area contributed by atoms with Gasteiger partial charge in [-0.3, -0.25) is 4.79 Å². The summed E-state index contributed by atoms with van der Waals surface area (Å²) in [6, 6.07) is 11.0. The van der Waals surface area contributed by atoms with E-state index in [1.165, 1.54) is 30.6 Å². The number of para-hydroxylation sites is 1. The lowest BCUT2D eigenvalue weighted by atomic mass is 10.0. The molecule has 1 aliphatic heterocycles. The maximum Gasteiger partial charge on any atom is 0.219 e. The summed E-state index contributed by atoms with van der Waals surface area (Å²) >= 11 is 0. The molecule has 2 atom stereocenters. The number of aromatic amines is 1. The Morgan fingerprint density at radius 3 is 2.81 bits per heavy atom. The number of nitrogens with one attached hydrogen (secondary N) is 2. The van der Waals surface area contributed by atoms with Gasteiger partial charge >= 0.3 is 0 Å². The third-order valence-electron chi connectivity index (χ3n) is 6.04. The number of benzene rings is 1. The Hall–Kier alpha value is -4.33. The topological polar surface area (TPSA) is 133 Å². The standard InChI is InChI=1S/C26H22FN5O4/c27-20-3-1-2-4-21(20)36-22-8-5-15(10-29-22)25(34)19-12-31-26-23(19)24(16(9-28)11-30-26)32-17-6-7-18(13-33)35-14-17/h1-5,8,10-12,17-18,33H,6-7,13-14H2,(H2,30,31,32)/t17-,18+/m1/s1. The molecule has 4 aromatic rings. The van der Waals surface area contributed by atoms with Gasteiger partial charge < -0.3 is 24.9 Å². The summed E-state index contributed by atoms with van der Waals surface area (Å²) < 4.78 is 25.0. The van der Waals surface area contributed by atoms with Gasteiger partial charge in [-0.15, -0.1) is 0 Å². The largest absolute Gasteiger partial charge is 0.436 e. The van der Waals surface area contributed by atoms with Crippen molar-refractivity contribution in [3.8, 4) is 17.7 Å². The van der Waals surface area contributed by atoms with Crippen LogP contribution in [0.4, 0.5) is 10.1 Å². The molecule has 0 spiro atoms. The van der Waals surface area contributed by atoms with Crippen molar-refractivity contribution in [2.75, 3.05) is 18.5 Å². The third-order valence-corrected chi connectivity index (χ3v) is 6.04. The number of anilines is 1. The number of aliphatic hydroxyl groups excluding tert-OH is 1. The number of pyridine rings is 2. The van der Waals surface area contributed by atoms with Crippen molar-refractivity contribution in [1.29, 1.82) is 5.26 Å². The molecule has 3 aromatic heterocycles. The summed E-state index contributed by atoms with van der Waals surface area (Å²) in [4.78, 5) is 24.9. The number of ketones is 1. The summed E-state index contributed by atoms with van der Waals surface area (Å²) in [5.41, 5.74) is 1.86. The second-order valence-electron chi connectivity index (χ2n) is 8.39. The summed E-state index contributed by atoms with van der Waals surface area (Å²) in [5.74, 6) is -0.672. The SMILES string of the molecule is N#Cc1cnc2[nH]cc(C(=O)c3ccc(Oc4ccccc4F)nc3)c2c1N[C@@H]1CC[C@@H](CO)OC1. The first-order valence-electron chi connectivity index (χ1n) is 11.4. The molecule has 0 unspecified atom stereocenters. The number of hydrogen-bond donors (Lipinski definition) is 3. The number of halogens is 1. The zero-order valence-electron chi connectivity index (χ0n) is 19.1. The minimum absolute atomic E-state index is 0.0310. The molecule has 0 aliphatic carbocycles. The van der Waals surface area contributed by atoms with Gasteiger partial charge in [0.05, 0.1) is 41.5 Å². The molecule has 3 N–H and O–H groups in total. The number of nitrogens with zero attached hydrogens (tertiary/aromatic N) is 3. The van der Waals surface area contributed by atoms with Crippen molar-refractivity contribution in [3.63, 3.8) is 0 Å². The summed E-state index contributed by atoms with van der Waals surface area (Å²) in [6.07, 6.45) is 5.58. The van der Waals surface area contributed by atoms with Gasteiger partial charge in [0, 0.05) is 36.3 Å². The molecule has 0 amide bonds. The van der Waals surface area contributed by atoms with Crippen molar-refractivity contribution in [2.45, 2.75) is 25.0 Å². The van der Waals surface area contributed by atoms with Crippen LogP contribution in [0.3, 0.4) is 0 Å². The van der Waals surface area contributed by atoms with Crippen LogP contribution in [-0.4, -0.2) is 51.2 Å². The summed E-state index contributed by atoms with van der Waals surface area (Å²) in [6.45, 7) is 0.325. The highest BCUT2D eigenvalue weighted by Crippen LogP contribution is 2.32. The van der Waals surface area contributed by atoms with Gasteiger partial charge in [0.1, 0.15) is 11.7 Å². The fourth-order valence-electron chi connectivity index (χ4n) is 4.15. The predicted octanol–water partition coefficient (Wildman–Crippen LogP) is 3.94. The van der Waals surface area contributed by atoms with Crippen LogP contribution in [0.1, 0.15) is 34.3 Å². The van der Waals surface area contributed by atoms with E-state index in [-0.39, 0.29) is 41.7 Å². The monoisotopic (exact) mass is 487 g/mol. The van der Waals surface area contributed by atoms with Crippen LogP contribution in [0.2, 0.25) is 0 Å². The number of nitriles is 1. The molecule has 1 aliphatic rings. The zero-order chi connectivity index (χ0) is 25.1. The Morgan fingerprint density at radius 2 is 2.11 bits per heavy atom. The molecule has 1 fully saturated rings. The van der Waals surface area contributed by atoms with Crippen LogP contribution in [0.15, 0.2) is 55.0 Å². The van der Waals surface area contributed by atoms with Gasteiger partial charge in [-0.2, -0.15) is 5.26 Å². The highest BCUT2D eigenvalue weighted by Gasteiger charge is 2.25. The number of carbonyl (C=O) groups excluding carboxylic acids is 1. The molecular weight excluding hydrogens is 465 g/mol. The first kappa shape index (κ1) is 23.4. The highest BCUT2D eigenvalue weighted by molar-refractivity contribution is 6.18. The molecule has 0 radical (unpaired) electrons.